The minimum Gasteiger partial charge on any atom is -0.496 e. The van der Waals surface area contributed by atoms with Gasteiger partial charge < -0.3 is 57.9 Å². The third-order valence-electron chi connectivity index (χ3n) is 10.6. The van der Waals surface area contributed by atoms with E-state index in [0.29, 0.717) is 22.4 Å². The minimum absolute atomic E-state index is 0.0324. The molecule has 2 aromatic heterocycles. The Morgan fingerprint density at radius 2 is 1.71 bits per heavy atom. The van der Waals surface area contributed by atoms with E-state index in [1.807, 2.05) is 30.3 Å². The van der Waals surface area contributed by atoms with Gasteiger partial charge in [0, 0.05) is 17.5 Å². The number of fused-ring (bicyclic) bond motifs is 3. The molecule has 3 aliphatic heterocycles. The maximum absolute atomic E-state index is 13.3. The van der Waals surface area contributed by atoms with Gasteiger partial charge in [-0.2, -0.15) is 0 Å². The molecule has 0 amide bonds. The van der Waals surface area contributed by atoms with E-state index in [2.05, 4.69) is 46.5 Å². The first-order chi connectivity index (χ1) is 29.4. The first-order valence-corrected chi connectivity index (χ1v) is 23.7. The summed E-state index contributed by atoms with van der Waals surface area (Å²) in [5, 5.41) is 0. The summed E-state index contributed by atoms with van der Waals surface area (Å²) < 4.78 is 74.2. The van der Waals surface area contributed by atoms with Gasteiger partial charge in [0.2, 0.25) is 5.82 Å². The fourth-order valence-corrected chi connectivity index (χ4v) is 10.8. The number of nitrogen functional groups attached to an aromatic ring is 1. The minimum atomic E-state index is -4.78. The summed E-state index contributed by atoms with van der Waals surface area (Å²) in [6.45, 7) is 14.5. The number of rotatable bonds is 17. The molecule has 0 spiro atoms. The van der Waals surface area contributed by atoms with E-state index in [4.69, 9.17) is 49.6 Å². The highest BCUT2D eigenvalue weighted by molar-refractivity contribution is 7.70. The van der Waals surface area contributed by atoms with E-state index in [1.165, 1.54) is 33.1 Å². The first-order valence-electron chi connectivity index (χ1n) is 20.1. The topological polar surface area (TPSA) is 238 Å². The van der Waals surface area contributed by atoms with Gasteiger partial charge in [-0.15, -0.1) is 6.42 Å². The number of cyclic esters (lactones) is 1. The summed E-state index contributed by atoms with van der Waals surface area (Å²) >= 11 is 0. The van der Waals surface area contributed by atoms with E-state index < -0.39 is 70.6 Å². The van der Waals surface area contributed by atoms with Crippen LogP contribution < -0.4 is 15.2 Å². The molecule has 0 aliphatic carbocycles. The van der Waals surface area contributed by atoms with Crippen LogP contribution >= 0.6 is 15.2 Å². The fourth-order valence-electron chi connectivity index (χ4n) is 7.61. The van der Waals surface area contributed by atoms with Gasteiger partial charge in [0.1, 0.15) is 54.1 Å². The highest BCUT2D eigenvalue weighted by Crippen LogP contribution is 2.59. The van der Waals surface area contributed by atoms with Gasteiger partial charge >= 0.3 is 21.2 Å². The zero-order valence-corrected chi connectivity index (χ0v) is 37.6. The number of aromatic nitrogens is 4. The largest absolute Gasteiger partial charge is 0.496 e. The molecular formula is C41H54N6O13P2. The molecular weight excluding hydrogens is 846 g/mol. The Hall–Kier alpha value is -4.44. The maximum atomic E-state index is 13.3. The maximum Gasteiger partial charge on any atom is 0.342 e. The lowest BCUT2D eigenvalue weighted by atomic mass is 9.95. The normalized spacial score (nSPS) is 21.9. The van der Waals surface area contributed by atoms with Crippen LogP contribution in [0.4, 0.5) is 5.82 Å². The number of imidazole rings is 1. The van der Waals surface area contributed by atoms with Crippen LogP contribution in [0.15, 0.2) is 36.7 Å². The quantitative estimate of drug-likeness (QED) is 0.0690. The van der Waals surface area contributed by atoms with E-state index in [-0.39, 0.29) is 53.8 Å². The van der Waals surface area contributed by atoms with E-state index in [0.717, 1.165) is 5.56 Å². The number of nitrogens with two attached hydrogens (primary N) is 1. The van der Waals surface area contributed by atoms with Crippen LogP contribution in [-0.4, -0.2) is 110 Å². The lowest BCUT2D eigenvalue weighted by molar-refractivity contribution is -0.199. The Balaban J connectivity index is 0.000000845. The summed E-state index contributed by atoms with van der Waals surface area (Å²) in [6, 6.07) is 9.28. The smallest absolute Gasteiger partial charge is 0.342 e. The molecule has 3 aliphatic rings. The first kappa shape index (κ1) is 47.0. The van der Waals surface area contributed by atoms with Crippen LogP contribution in [0.25, 0.3) is 11.2 Å². The number of nitrogens with zero attached hydrogens (tertiary/aromatic N) is 5. The van der Waals surface area contributed by atoms with Gasteiger partial charge in [0.05, 0.1) is 26.7 Å². The molecule has 4 N–H and O–H groups in total. The van der Waals surface area contributed by atoms with Crippen LogP contribution in [0.1, 0.15) is 79.3 Å². The van der Waals surface area contributed by atoms with Crippen molar-refractivity contribution in [2.24, 2.45) is 0 Å². The molecule has 4 aromatic rings. The van der Waals surface area contributed by atoms with Crippen molar-refractivity contribution in [3.63, 3.8) is 0 Å². The lowest BCUT2D eigenvalue weighted by Gasteiger charge is -2.25. The molecule has 62 heavy (non-hydrogen) atoms. The van der Waals surface area contributed by atoms with Crippen LogP contribution in [0.3, 0.4) is 0 Å². The number of hydrogen-bond acceptors (Lipinski definition) is 16. The second-order valence-corrected chi connectivity index (χ2v) is 19.3. The van der Waals surface area contributed by atoms with Gasteiger partial charge in [0.25, 0.3) is 0 Å². The van der Waals surface area contributed by atoms with Crippen LogP contribution in [0.2, 0.25) is 0 Å². The summed E-state index contributed by atoms with van der Waals surface area (Å²) in [4.78, 5) is 49.4. The standard InChI is InChI=1S/C35H39N5O13P2.C6H15N/c1-6-24-38-31(36)26-32(39-24)40(17-37-26)33-30-29(52-35(3,4)53-30)23(51-33)16-50-55(44,45)18-54(42,43)49-13-12-21-27(46-5)19(2)22-15-48-34(41)25(22)28(21)47-14-20-10-8-7-9-11-20;1-4-7(5-2)6-3/h1,7-11,17,23,29-30,33H,12-16,18H2,2-5H3,(H,42,43)(H,44,45)(H2,36,38,39);4-6H2,1-3H3/t23-,29-,30-,33-;/m1./s1. The Bertz CT molecular complexity index is 2380. The van der Waals surface area contributed by atoms with Gasteiger partial charge in [-0.25, -0.2) is 19.7 Å². The summed E-state index contributed by atoms with van der Waals surface area (Å²) in [5.74, 6) is 0.159. The highest BCUT2D eigenvalue weighted by Gasteiger charge is 2.56. The third kappa shape index (κ3) is 10.5. The predicted octanol–water partition coefficient (Wildman–Crippen LogP) is 5.33. The van der Waals surface area contributed by atoms with E-state index >= 15 is 0 Å². The number of benzene rings is 2. The molecule has 19 nitrogen and oxygen atoms in total. The molecule has 336 valence electrons. The molecule has 0 radical (unpaired) electrons. The fraction of sp³-hybridized carbons (Fsp3) is 0.512. The number of anilines is 1. The summed E-state index contributed by atoms with van der Waals surface area (Å²) in [6.07, 6.45) is 3.45. The van der Waals surface area contributed by atoms with Crippen molar-refractivity contribution in [3.8, 4) is 23.8 Å². The van der Waals surface area contributed by atoms with Crippen molar-refractivity contribution < 1.29 is 61.2 Å². The average Bonchev–Trinajstić information content (AvgIpc) is 3.99. The predicted molar refractivity (Wildman–Crippen MR) is 227 cm³/mol. The SMILES string of the molecule is C#Cc1nc(N)c2ncn([C@@H]3O[C@H](COP(=O)(O)CP(=O)(O)OCCc4c(OC)c(C)c5c(c4OCc4ccccc4)C(=O)OC5)[C@H]4OC(C)(C)O[C@H]43)c2n1.CCN(CC)CC. The Kier molecular flexibility index (Phi) is 14.8. The molecule has 5 heterocycles. The van der Waals surface area contributed by atoms with Crippen LogP contribution in [0, 0.1) is 19.3 Å². The van der Waals surface area contributed by atoms with E-state index in [9.17, 15) is 23.7 Å². The zero-order chi connectivity index (χ0) is 45.0. The van der Waals surface area contributed by atoms with Crippen molar-refractivity contribution in [2.45, 2.75) is 91.5 Å². The Labute approximate surface area is 360 Å². The Morgan fingerprint density at radius 1 is 1.03 bits per heavy atom. The zero-order valence-electron chi connectivity index (χ0n) is 35.8. The number of hydrogen-bond donors (Lipinski definition) is 3. The van der Waals surface area contributed by atoms with Gasteiger partial charge in [0.15, 0.2) is 29.4 Å². The van der Waals surface area contributed by atoms with Gasteiger partial charge in [-0.3, -0.25) is 13.7 Å². The van der Waals surface area contributed by atoms with Crippen LogP contribution in [0.5, 0.6) is 11.5 Å². The monoisotopic (exact) mass is 900 g/mol. The number of carbonyl (C=O) groups is 1. The molecule has 2 fully saturated rings. The van der Waals surface area contributed by atoms with Gasteiger partial charge in [-0.05, 0) is 57.5 Å². The second kappa shape index (κ2) is 19.5. The molecule has 6 atom stereocenters. The number of terminal acetylenes is 1. The average molecular weight is 901 g/mol. The second-order valence-electron chi connectivity index (χ2n) is 15.1. The van der Waals surface area contributed by atoms with Crippen molar-refractivity contribution in [3.05, 3.63) is 70.3 Å². The van der Waals surface area contributed by atoms with Crippen molar-refractivity contribution in [2.75, 3.05) is 51.6 Å². The molecule has 21 heteroatoms. The molecule has 2 unspecified atom stereocenters. The highest BCUT2D eigenvalue weighted by atomic mass is 31.2. The molecule has 2 aromatic carbocycles. The molecule has 0 saturated carbocycles. The summed E-state index contributed by atoms with van der Waals surface area (Å²) in [7, 11) is -8.08. The van der Waals surface area contributed by atoms with Crippen molar-refractivity contribution >= 4 is 38.1 Å². The molecule has 7 rings (SSSR count). The lowest BCUT2D eigenvalue weighted by Crippen LogP contribution is -2.32. The van der Waals surface area contributed by atoms with Gasteiger partial charge in [-0.1, -0.05) is 51.1 Å². The Morgan fingerprint density at radius 3 is 2.35 bits per heavy atom. The summed E-state index contributed by atoms with van der Waals surface area (Å²) in [5.41, 5.74) is 9.30. The van der Waals surface area contributed by atoms with Crippen molar-refractivity contribution in [1.29, 1.82) is 0 Å². The number of ether oxygens (including phenoxy) is 6. The third-order valence-corrected chi connectivity index (χ3v) is 14.6. The number of carbonyl (C=O) groups excluding carboxylic acids is 1. The molecule has 0 bridgehead atoms. The molecule has 2 saturated heterocycles. The van der Waals surface area contributed by atoms with Crippen LogP contribution in [-0.2, 0) is 56.8 Å². The number of methoxy groups -OCH3 is 1. The van der Waals surface area contributed by atoms with E-state index in [1.54, 1.807) is 25.3 Å². The van der Waals surface area contributed by atoms with Crippen molar-refractivity contribution in [1.82, 2.24) is 24.4 Å². The number of esters is 1.